The molecule has 3 aromatic rings. The average molecular weight is 285 g/mol. The molecule has 0 unspecified atom stereocenters. The number of pyridine rings is 1. The molecule has 21 heavy (non-hydrogen) atoms. The molecule has 0 radical (unpaired) electrons. The minimum Gasteiger partial charge on any atom is -0.468 e. The SMILES string of the molecule is O=C(O)Nc1ccc(OCc2nc3ccccc3o2)nc1. The zero-order valence-electron chi connectivity index (χ0n) is 10.8. The molecule has 0 aliphatic rings. The van der Waals surface area contributed by atoms with E-state index in [9.17, 15) is 4.79 Å². The second-order valence-electron chi connectivity index (χ2n) is 4.18. The first-order chi connectivity index (χ1) is 10.2. The Kier molecular flexibility index (Phi) is 3.38. The highest BCUT2D eigenvalue weighted by atomic mass is 16.5. The molecule has 3 rings (SSSR count). The minimum absolute atomic E-state index is 0.146. The van der Waals surface area contributed by atoms with Gasteiger partial charge in [0.2, 0.25) is 11.8 Å². The van der Waals surface area contributed by atoms with Crippen LogP contribution >= 0.6 is 0 Å². The van der Waals surface area contributed by atoms with E-state index in [-0.39, 0.29) is 6.61 Å². The predicted molar refractivity (Wildman–Crippen MR) is 74.2 cm³/mol. The van der Waals surface area contributed by atoms with Crippen LogP contribution in [0, 0.1) is 0 Å². The van der Waals surface area contributed by atoms with Gasteiger partial charge in [-0.05, 0) is 18.2 Å². The largest absolute Gasteiger partial charge is 0.468 e. The lowest BCUT2D eigenvalue weighted by Gasteiger charge is -2.03. The Morgan fingerprint density at radius 3 is 2.86 bits per heavy atom. The van der Waals surface area contributed by atoms with Crippen molar-refractivity contribution in [2.75, 3.05) is 5.32 Å². The number of para-hydroxylation sites is 2. The zero-order valence-corrected chi connectivity index (χ0v) is 10.8. The molecule has 1 aromatic carbocycles. The van der Waals surface area contributed by atoms with Crippen molar-refractivity contribution in [3.63, 3.8) is 0 Å². The van der Waals surface area contributed by atoms with E-state index < -0.39 is 6.09 Å². The molecule has 0 atom stereocenters. The lowest BCUT2D eigenvalue weighted by atomic mass is 10.3. The van der Waals surface area contributed by atoms with Crippen molar-refractivity contribution in [2.45, 2.75) is 6.61 Å². The van der Waals surface area contributed by atoms with Crippen LogP contribution in [0.15, 0.2) is 47.0 Å². The van der Waals surface area contributed by atoms with Crippen LogP contribution in [0.25, 0.3) is 11.1 Å². The molecular weight excluding hydrogens is 274 g/mol. The first-order valence-corrected chi connectivity index (χ1v) is 6.14. The highest BCUT2D eigenvalue weighted by Crippen LogP contribution is 2.17. The smallest absolute Gasteiger partial charge is 0.409 e. The first kappa shape index (κ1) is 12.9. The normalized spacial score (nSPS) is 10.5. The fraction of sp³-hybridized carbons (Fsp3) is 0.0714. The monoisotopic (exact) mass is 285 g/mol. The lowest BCUT2D eigenvalue weighted by Crippen LogP contribution is -2.07. The maximum atomic E-state index is 10.5. The molecule has 0 fully saturated rings. The number of oxazole rings is 1. The molecule has 0 saturated heterocycles. The van der Waals surface area contributed by atoms with Crippen LogP contribution < -0.4 is 10.1 Å². The van der Waals surface area contributed by atoms with Crippen LogP contribution in [0.2, 0.25) is 0 Å². The van der Waals surface area contributed by atoms with Gasteiger partial charge >= 0.3 is 6.09 Å². The van der Waals surface area contributed by atoms with Gasteiger partial charge in [0, 0.05) is 6.07 Å². The highest BCUT2D eigenvalue weighted by molar-refractivity contribution is 5.82. The number of fused-ring (bicyclic) bond motifs is 1. The van der Waals surface area contributed by atoms with Crippen molar-refractivity contribution >= 4 is 22.9 Å². The van der Waals surface area contributed by atoms with E-state index in [4.69, 9.17) is 14.3 Å². The van der Waals surface area contributed by atoms with Gasteiger partial charge in [0.15, 0.2) is 12.2 Å². The fourth-order valence-electron chi connectivity index (χ4n) is 1.78. The van der Waals surface area contributed by atoms with Gasteiger partial charge in [-0.15, -0.1) is 0 Å². The summed E-state index contributed by atoms with van der Waals surface area (Å²) in [7, 11) is 0. The summed E-state index contributed by atoms with van der Waals surface area (Å²) in [4.78, 5) is 18.7. The summed E-state index contributed by atoms with van der Waals surface area (Å²) in [6.45, 7) is 0.146. The van der Waals surface area contributed by atoms with Crippen molar-refractivity contribution < 1.29 is 19.1 Å². The summed E-state index contributed by atoms with van der Waals surface area (Å²) in [6.07, 6.45) is 0.229. The van der Waals surface area contributed by atoms with Gasteiger partial charge in [-0.3, -0.25) is 5.32 Å². The maximum Gasteiger partial charge on any atom is 0.409 e. The Labute approximate surface area is 119 Å². The highest BCUT2D eigenvalue weighted by Gasteiger charge is 2.06. The molecule has 2 N–H and O–H groups in total. The van der Waals surface area contributed by atoms with Gasteiger partial charge in [-0.2, -0.15) is 0 Å². The van der Waals surface area contributed by atoms with Crippen LogP contribution in [-0.4, -0.2) is 21.2 Å². The second kappa shape index (κ2) is 5.49. The number of carboxylic acid groups (broad SMARTS) is 1. The van der Waals surface area contributed by atoms with E-state index in [1.165, 1.54) is 6.20 Å². The summed E-state index contributed by atoms with van der Waals surface area (Å²) in [5.74, 6) is 0.805. The summed E-state index contributed by atoms with van der Waals surface area (Å²) in [5, 5.41) is 10.8. The zero-order chi connectivity index (χ0) is 14.7. The molecular formula is C14H11N3O4. The Hall–Kier alpha value is -3.09. The van der Waals surface area contributed by atoms with Gasteiger partial charge in [0.1, 0.15) is 5.52 Å². The standard InChI is InChI=1S/C14H11N3O4/c18-14(19)16-9-5-6-12(15-7-9)20-8-13-17-10-3-1-2-4-11(10)21-13/h1-7,16H,8H2,(H,18,19). The number of ether oxygens (including phenoxy) is 1. The molecule has 2 aromatic heterocycles. The van der Waals surface area contributed by atoms with Gasteiger partial charge in [0.05, 0.1) is 11.9 Å². The van der Waals surface area contributed by atoms with Gasteiger partial charge in [0.25, 0.3) is 0 Å². The number of hydrogen-bond donors (Lipinski definition) is 2. The van der Waals surface area contributed by atoms with Crippen LogP contribution in [0.4, 0.5) is 10.5 Å². The molecule has 0 aliphatic carbocycles. The number of aromatic nitrogens is 2. The third-order valence-corrected chi connectivity index (χ3v) is 2.67. The first-order valence-electron chi connectivity index (χ1n) is 6.14. The summed E-state index contributed by atoms with van der Waals surface area (Å²) < 4.78 is 11.0. The molecule has 0 saturated carbocycles. The molecule has 0 bridgehead atoms. The minimum atomic E-state index is -1.14. The van der Waals surface area contributed by atoms with E-state index in [1.54, 1.807) is 12.1 Å². The molecule has 1 amide bonds. The quantitative estimate of drug-likeness (QED) is 0.765. The van der Waals surface area contributed by atoms with E-state index in [1.807, 2.05) is 24.3 Å². The van der Waals surface area contributed by atoms with E-state index in [0.717, 1.165) is 5.52 Å². The number of anilines is 1. The predicted octanol–water partition coefficient (Wildman–Crippen LogP) is 2.89. The molecule has 7 heteroatoms. The van der Waals surface area contributed by atoms with Crippen molar-refractivity contribution in [3.05, 3.63) is 48.5 Å². The molecule has 2 heterocycles. The van der Waals surface area contributed by atoms with E-state index in [0.29, 0.717) is 23.0 Å². The molecule has 0 aliphatic heterocycles. The van der Waals surface area contributed by atoms with Gasteiger partial charge in [-0.25, -0.2) is 14.8 Å². The van der Waals surface area contributed by atoms with E-state index >= 15 is 0 Å². The van der Waals surface area contributed by atoms with Crippen molar-refractivity contribution in [3.8, 4) is 5.88 Å². The van der Waals surface area contributed by atoms with Crippen LogP contribution in [0.5, 0.6) is 5.88 Å². The van der Waals surface area contributed by atoms with Crippen molar-refractivity contribution in [2.24, 2.45) is 0 Å². The lowest BCUT2D eigenvalue weighted by molar-refractivity contribution is 0.209. The summed E-state index contributed by atoms with van der Waals surface area (Å²) in [6, 6.07) is 10.6. The van der Waals surface area contributed by atoms with Crippen LogP contribution in [0.3, 0.4) is 0 Å². The van der Waals surface area contributed by atoms with Gasteiger partial charge in [-0.1, -0.05) is 12.1 Å². The number of rotatable bonds is 4. The fourth-order valence-corrected chi connectivity index (χ4v) is 1.78. The Morgan fingerprint density at radius 2 is 2.14 bits per heavy atom. The number of benzene rings is 1. The molecule has 0 spiro atoms. The molecule has 106 valence electrons. The number of carbonyl (C=O) groups is 1. The summed E-state index contributed by atoms with van der Waals surface area (Å²) in [5.41, 5.74) is 1.84. The van der Waals surface area contributed by atoms with Crippen molar-refractivity contribution in [1.29, 1.82) is 0 Å². The Bertz CT molecular complexity index is 734. The number of nitrogens with one attached hydrogen (secondary N) is 1. The number of nitrogens with zero attached hydrogens (tertiary/aromatic N) is 2. The topological polar surface area (TPSA) is 97.5 Å². The Balaban J connectivity index is 1.65. The third kappa shape index (κ3) is 3.08. The summed E-state index contributed by atoms with van der Waals surface area (Å²) >= 11 is 0. The van der Waals surface area contributed by atoms with E-state index in [2.05, 4.69) is 15.3 Å². The van der Waals surface area contributed by atoms with Crippen molar-refractivity contribution in [1.82, 2.24) is 9.97 Å². The van der Waals surface area contributed by atoms with Gasteiger partial charge < -0.3 is 14.3 Å². The second-order valence-corrected chi connectivity index (χ2v) is 4.18. The average Bonchev–Trinajstić information content (AvgIpc) is 2.89. The number of amides is 1. The Morgan fingerprint density at radius 1 is 1.29 bits per heavy atom. The van der Waals surface area contributed by atoms with Crippen LogP contribution in [0.1, 0.15) is 5.89 Å². The molecule has 7 nitrogen and oxygen atoms in total. The maximum absolute atomic E-state index is 10.5. The van der Waals surface area contributed by atoms with Crippen LogP contribution in [-0.2, 0) is 6.61 Å². The third-order valence-electron chi connectivity index (χ3n) is 2.67. The number of hydrogen-bond acceptors (Lipinski definition) is 5.